The number of hydrogen-bond acceptors (Lipinski definition) is 4. The molecule has 0 unspecified atom stereocenters. The van der Waals surface area contributed by atoms with E-state index in [1.165, 1.54) is 0 Å². The molecule has 0 aromatic heterocycles. The minimum atomic E-state index is -0.913. The van der Waals surface area contributed by atoms with Gasteiger partial charge in [0.15, 0.2) is 0 Å². The van der Waals surface area contributed by atoms with Gasteiger partial charge in [-0.2, -0.15) is 0 Å². The fourth-order valence-electron chi connectivity index (χ4n) is 0.609. The zero-order valence-electron chi connectivity index (χ0n) is 7.60. The van der Waals surface area contributed by atoms with Crippen LogP contribution in [0.25, 0.3) is 5.90 Å². The van der Waals surface area contributed by atoms with Gasteiger partial charge < -0.3 is 21.9 Å². The van der Waals surface area contributed by atoms with E-state index in [1.54, 1.807) is 0 Å². The van der Waals surface area contributed by atoms with Gasteiger partial charge >= 0.3 is 27.0 Å². The molecule has 0 aliphatic carbocycles. The van der Waals surface area contributed by atoms with E-state index in [9.17, 15) is 4.79 Å². The molecule has 0 radical (unpaired) electrons. The first-order valence-corrected chi connectivity index (χ1v) is 4.00. The third-order valence-corrected chi connectivity index (χ3v) is 1.04. The van der Waals surface area contributed by atoms with Gasteiger partial charge in [0.1, 0.15) is 6.04 Å². The number of rotatable bonds is 3. The van der Waals surface area contributed by atoms with Gasteiger partial charge in [0.2, 0.25) is 0 Å². The Morgan fingerprint density at radius 1 is 1.46 bits per heavy atom. The predicted octanol–water partition coefficient (Wildman–Crippen LogP) is 0.751. The summed E-state index contributed by atoms with van der Waals surface area (Å²) < 4.78 is 8.19. The Morgan fingerprint density at radius 2 is 1.77 bits per heavy atom. The van der Waals surface area contributed by atoms with Gasteiger partial charge in [0, 0.05) is 0 Å². The molecule has 0 fully saturated rings. The molecule has 0 aliphatic rings. The van der Waals surface area contributed by atoms with Crippen molar-refractivity contribution in [3.05, 3.63) is 5.90 Å². The Bertz CT molecular complexity index is 123. The van der Waals surface area contributed by atoms with E-state index in [4.69, 9.17) is 25.6 Å². The van der Waals surface area contributed by atoms with E-state index in [1.807, 2.05) is 13.8 Å². The van der Waals surface area contributed by atoms with Gasteiger partial charge in [0.25, 0.3) is 0 Å². The summed E-state index contributed by atoms with van der Waals surface area (Å²) in [5.74, 6) is 4.19. The predicted molar refractivity (Wildman–Crippen MR) is 41.9 cm³/mol. The normalized spacial score (nSPS) is 10.2. The van der Waals surface area contributed by atoms with Crippen LogP contribution in [0.5, 0.6) is 0 Å². The van der Waals surface area contributed by atoms with E-state index in [2.05, 4.69) is 0 Å². The molecular weight excluding hydrogens is 215 g/mol. The molecule has 1 atom stereocenters. The van der Waals surface area contributed by atoms with Crippen molar-refractivity contribution in [1.29, 1.82) is 0 Å². The van der Waals surface area contributed by atoms with Crippen LogP contribution in [0, 0.1) is 5.92 Å². The zero-order chi connectivity index (χ0) is 11.4. The van der Waals surface area contributed by atoms with E-state index >= 15 is 0 Å². The Labute approximate surface area is 86.5 Å². The first-order valence-electron chi connectivity index (χ1n) is 3.43. The SMILES string of the molecule is CC(C)C[C@H](N)C(=O)O.[NH-]O.[O]=[V]. The van der Waals surface area contributed by atoms with E-state index in [-0.39, 0.29) is 0 Å². The molecule has 7 heteroatoms. The van der Waals surface area contributed by atoms with Crippen molar-refractivity contribution in [2.24, 2.45) is 11.7 Å². The number of aliphatic carboxylic acids is 1. The number of carboxylic acids is 1. The molecule has 79 valence electrons. The van der Waals surface area contributed by atoms with Gasteiger partial charge in [-0.15, -0.1) is 0 Å². The second-order valence-electron chi connectivity index (χ2n) is 2.57. The summed E-state index contributed by atoms with van der Waals surface area (Å²) in [7, 11) is 0. The van der Waals surface area contributed by atoms with Gasteiger partial charge in [0.05, 0.1) is 0 Å². The van der Waals surface area contributed by atoms with Crippen molar-refractivity contribution in [3.8, 4) is 0 Å². The summed E-state index contributed by atoms with van der Waals surface area (Å²) in [6.07, 6.45) is 0.551. The molecule has 6 nitrogen and oxygen atoms in total. The maximum absolute atomic E-state index is 10.1. The fraction of sp³-hybridized carbons (Fsp3) is 0.833. The van der Waals surface area contributed by atoms with Crippen LogP contribution in [0.1, 0.15) is 20.3 Å². The van der Waals surface area contributed by atoms with E-state index in [0.29, 0.717) is 12.3 Å². The molecule has 0 bridgehead atoms. The topological polar surface area (TPSA) is 124 Å². The second-order valence-corrected chi connectivity index (χ2v) is 2.57. The van der Waals surface area contributed by atoms with Crippen molar-refractivity contribution in [2.45, 2.75) is 26.3 Å². The van der Waals surface area contributed by atoms with Crippen LogP contribution >= 0.6 is 0 Å². The van der Waals surface area contributed by atoms with Gasteiger partial charge in [-0.25, -0.2) is 0 Å². The zero-order valence-corrected chi connectivity index (χ0v) is 8.99. The number of carboxylic acid groups (broad SMARTS) is 1. The molecule has 0 saturated carbocycles. The van der Waals surface area contributed by atoms with Crippen molar-refractivity contribution in [2.75, 3.05) is 0 Å². The summed E-state index contributed by atoms with van der Waals surface area (Å²) in [4.78, 5) is 10.1. The van der Waals surface area contributed by atoms with Crippen LogP contribution in [-0.2, 0) is 25.8 Å². The fourth-order valence-corrected chi connectivity index (χ4v) is 0.609. The Morgan fingerprint density at radius 3 is 1.85 bits per heavy atom. The van der Waals surface area contributed by atoms with Crippen LogP contribution in [0.15, 0.2) is 0 Å². The van der Waals surface area contributed by atoms with Crippen LogP contribution < -0.4 is 5.73 Å². The third-order valence-electron chi connectivity index (χ3n) is 1.04. The molecular formula is C6H15N2O4V-. The second kappa shape index (κ2) is 14.3. The summed E-state index contributed by atoms with van der Waals surface area (Å²) in [5.41, 5.74) is 5.22. The van der Waals surface area contributed by atoms with Crippen molar-refractivity contribution in [1.82, 2.24) is 0 Å². The number of nitrogens with one attached hydrogen (secondary N) is 1. The maximum atomic E-state index is 10.1. The molecule has 0 heterocycles. The molecule has 5 N–H and O–H groups in total. The van der Waals surface area contributed by atoms with Gasteiger partial charge in [-0.05, 0) is 12.3 Å². The standard InChI is InChI=1S/C6H13NO2.H2NO.O.V/c1-4(2)3-5(7)6(8)9;1-2;;/h4-5H,3,7H2,1-2H3,(H,8,9);1-2H;;/q;-1;;/t5-;;;/m0.../s1. The molecule has 0 amide bonds. The minimum absolute atomic E-state index is 0.357. The van der Waals surface area contributed by atoms with Crippen LogP contribution in [-0.4, -0.2) is 22.3 Å². The number of nitrogens with two attached hydrogens (primary N) is 1. The Hall–Kier alpha value is -0.266. The van der Waals surface area contributed by atoms with E-state index < -0.39 is 12.0 Å². The Balaban J connectivity index is -0.000000218. The molecule has 0 aromatic carbocycles. The molecule has 0 aromatic rings. The van der Waals surface area contributed by atoms with Crippen LogP contribution in [0.2, 0.25) is 0 Å². The summed E-state index contributed by atoms with van der Waals surface area (Å²) >= 11 is 1.06. The quantitative estimate of drug-likeness (QED) is 0.617. The van der Waals surface area contributed by atoms with Gasteiger partial charge in [-0.3, -0.25) is 4.79 Å². The number of hydrogen-bond donors (Lipinski definition) is 3. The molecule has 13 heavy (non-hydrogen) atoms. The Kier molecular flexibility index (Phi) is 20.3. The monoisotopic (exact) mass is 230 g/mol. The molecule has 0 aliphatic heterocycles. The van der Waals surface area contributed by atoms with Gasteiger partial charge in [-0.1, -0.05) is 13.8 Å². The average Bonchev–Trinajstić information content (AvgIpc) is 2.10. The first-order chi connectivity index (χ1) is 6.04. The van der Waals surface area contributed by atoms with Crippen molar-refractivity contribution >= 4 is 5.97 Å². The van der Waals surface area contributed by atoms with Crippen LogP contribution in [0.3, 0.4) is 0 Å². The summed E-state index contributed by atoms with van der Waals surface area (Å²) in [6.45, 7) is 3.89. The molecule has 0 spiro atoms. The first kappa shape index (κ1) is 18.5. The van der Waals surface area contributed by atoms with Crippen molar-refractivity contribution in [3.63, 3.8) is 0 Å². The summed E-state index contributed by atoms with van der Waals surface area (Å²) in [6, 6.07) is -0.690. The summed E-state index contributed by atoms with van der Waals surface area (Å²) in [5, 5.41) is 14.6. The number of carbonyl (C=O) groups is 1. The molecule has 0 saturated heterocycles. The average molecular weight is 230 g/mol. The van der Waals surface area contributed by atoms with Crippen LogP contribution in [0.4, 0.5) is 0 Å². The molecule has 0 rings (SSSR count). The third kappa shape index (κ3) is 18.6. The van der Waals surface area contributed by atoms with E-state index in [0.717, 1.165) is 17.4 Å². The van der Waals surface area contributed by atoms with Crippen molar-refractivity contribution < 1.29 is 36.2 Å².